The molecule has 2 aromatic carbocycles. The van der Waals surface area contributed by atoms with Gasteiger partial charge in [0.15, 0.2) is 0 Å². The largest absolute Gasteiger partial charge is 0.465 e. The third kappa shape index (κ3) is 2.60. The van der Waals surface area contributed by atoms with Gasteiger partial charge in [-0.1, -0.05) is 36.4 Å². The maximum atomic E-state index is 12.9. The molecule has 1 aliphatic rings. The molecule has 0 spiro atoms. The van der Waals surface area contributed by atoms with Gasteiger partial charge in [-0.3, -0.25) is 0 Å². The maximum absolute atomic E-state index is 12.9. The fourth-order valence-corrected chi connectivity index (χ4v) is 2.45. The van der Waals surface area contributed by atoms with Gasteiger partial charge in [-0.15, -0.1) is 0 Å². The number of rotatable bonds is 3. The first-order chi connectivity index (χ1) is 10.1. The summed E-state index contributed by atoms with van der Waals surface area (Å²) in [5.74, 6) is -0.272. The second kappa shape index (κ2) is 5.18. The minimum atomic E-state index is -1.07. The van der Waals surface area contributed by atoms with Crippen LogP contribution in [0.2, 0.25) is 0 Å². The van der Waals surface area contributed by atoms with E-state index in [1.165, 1.54) is 12.1 Å². The van der Waals surface area contributed by atoms with Crippen molar-refractivity contribution in [2.45, 2.75) is 5.54 Å². The minimum absolute atomic E-state index is 0.272. The Hall–Kier alpha value is -2.40. The quantitative estimate of drug-likeness (QED) is 0.912. The van der Waals surface area contributed by atoms with Crippen molar-refractivity contribution >= 4 is 6.09 Å². The molecule has 21 heavy (non-hydrogen) atoms. The number of carboxylic acid groups (broad SMARTS) is 1. The Morgan fingerprint density at radius 1 is 1.05 bits per heavy atom. The summed E-state index contributed by atoms with van der Waals surface area (Å²) in [4.78, 5) is 10.9. The van der Waals surface area contributed by atoms with Crippen molar-refractivity contribution in [3.05, 3.63) is 59.9 Å². The fourth-order valence-electron chi connectivity index (χ4n) is 2.45. The monoisotopic (exact) mass is 287 g/mol. The SMILES string of the molecule is O=C(O)NC1(c2ccc(-c3ccc(F)cc3)cc2)COC1. The summed E-state index contributed by atoms with van der Waals surface area (Å²) in [7, 11) is 0. The third-order valence-corrected chi connectivity index (χ3v) is 3.66. The predicted octanol–water partition coefficient (Wildman–Crippen LogP) is 2.99. The zero-order valence-electron chi connectivity index (χ0n) is 11.2. The van der Waals surface area contributed by atoms with E-state index in [1.807, 2.05) is 24.3 Å². The second-order valence-electron chi connectivity index (χ2n) is 5.09. The van der Waals surface area contributed by atoms with Gasteiger partial charge < -0.3 is 15.2 Å². The van der Waals surface area contributed by atoms with E-state index in [1.54, 1.807) is 12.1 Å². The van der Waals surface area contributed by atoms with Crippen LogP contribution in [0.4, 0.5) is 9.18 Å². The van der Waals surface area contributed by atoms with Gasteiger partial charge >= 0.3 is 6.09 Å². The average Bonchev–Trinajstić information content (AvgIpc) is 2.44. The molecule has 1 heterocycles. The van der Waals surface area contributed by atoms with Crippen molar-refractivity contribution in [1.29, 1.82) is 0 Å². The van der Waals surface area contributed by atoms with Crippen LogP contribution < -0.4 is 5.32 Å². The Labute approximate surface area is 121 Å². The molecule has 0 aromatic heterocycles. The summed E-state index contributed by atoms with van der Waals surface area (Å²) in [6, 6.07) is 13.8. The van der Waals surface area contributed by atoms with Crippen LogP contribution in [-0.4, -0.2) is 24.4 Å². The van der Waals surface area contributed by atoms with Crippen LogP contribution in [0.15, 0.2) is 48.5 Å². The summed E-state index contributed by atoms with van der Waals surface area (Å²) in [5, 5.41) is 11.4. The summed E-state index contributed by atoms with van der Waals surface area (Å²) in [6.45, 7) is 0.657. The van der Waals surface area contributed by atoms with Gasteiger partial charge in [0.25, 0.3) is 0 Å². The highest BCUT2D eigenvalue weighted by Gasteiger charge is 2.41. The lowest BCUT2D eigenvalue weighted by atomic mass is 9.87. The standard InChI is InChI=1S/C16H14FNO3/c17-14-7-3-12(4-8-14)11-1-5-13(6-2-11)16(9-21-10-16)18-15(19)20/h1-8,18H,9-10H2,(H,19,20). The van der Waals surface area contributed by atoms with Gasteiger partial charge in [0, 0.05) is 0 Å². The first-order valence-corrected chi connectivity index (χ1v) is 6.54. The number of hydrogen-bond donors (Lipinski definition) is 2. The molecular weight excluding hydrogens is 273 g/mol. The van der Waals surface area contributed by atoms with Crippen molar-refractivity contribution in [3.8, 4) is 11.1 Å². The molecule has 0 radical (unpaired) electrons. The number of carbonyl (C=O) groups is 1. The van der Waals surface area contributed by atoms with Gasteiger partial charge in [-0.2, -0.15) is 0 Å². The number of benzene rings is 2. The Balaban J connectivity index is 1.86. The van der Waals surface area contributed by atoms with E-state index in [4.69, 9.17) is 9.84 Å². The number of ether oxygens (including phenoxy) is 1. The van der Waals surface area contributed by atoms with Gasteiger partial charge in [-0.05, 0) is 28.8 Å². The van der Waals surface area contributed by atoms with Crippen LogP contribution in [0, 0.1) is 5.82 Å². The lowest BCUT2D eigenvalue weighted by molar-refractivity contribution is -0.0743. The first-order valence-electron chi connectivity index (χ1n) is 6.54. The lowest BCUT2D eigenvalue weighted by Gasteiger charge is -2.41. The molecule has 1 amide bonds. The highest BCUT2D eigenvalue weighted by molar-refractivity contribution is 5.67. The predicted molar refractivity (Wildman–Crippen MR) is 75.5 cm³/mol. The van der Waals surface area contributed by atoms with Crippen LogP contribution in [0.3, 0.4) is 0 Å². The molecule has 3 rings (SSSR count). The topological polar surface area (TPSA) is 58.6 Å². The van der Waals surface area contributed by atoms with E-state index >= 15 is 0 Å². The van der Waals surface area contributed by atoms with Crippen LogP contribution in [-0.2, 0) is 10.3 Å². The lowest BCUT2D eigenvalue weighted by Crippen LogP contribution is -2.59. The van der Waals surface area contributed by atoms with E-state index in [0.717, 1.165) is 16.7 Å². The molecule has 0 unspecified atom stereocenters. The Morgan fingerprint density at radius 3 is 2.00 bits per heavy atom. The Bertz CT molecular complexity index is 648. The summed E-state index contributed by atoms with van der Waals surface area (Å²) in [6.07, 6.45) is -1.07. The summed E-state index contributed by atoms with van der Waals surface area (Å²) in [5.41, 5.74) is 2.06. The Morgan fingerprint density at radius 2 is 1.57 bits per heavy atom. The van der Waals surface area contributed by atoms with E-state index in [0.29, 0.717) is 13.2 Å². The first kappa shape index (κ1) is 13.6. The average molecular weight is 287 g/mol. The highest BCUT2D eigenvalue weighted by Crippen LogP contribution is 2.31. The molecule has 0 atom stereocenters. The molecule has 2 aromatic rings. The van der Waals surface area contributed by atoms with Crippen molar-refractivity contribution in [2.24, 2.45) is 0 Å². The van der Waals surface area contributed by atoms with Crippen molar-refractivity contribution in [2.75, 3.05) is 13.2 Å². The van der Waals surface area contributed by atoms with Crippen molar-refractivity contribution in [3.63, 3.8) is 0 Å². The molecule has 2 N–H and O–H groups in total. The molecule has 5 heteroatoms. The van der Waals surface area contributed by atoms with Crippen LogP contribution in [0.25, 0.3) is 11.1 Å². The molecule has 1 fully saturated rings. The van der Waals surface area contributed by atoms with E-state index in [-0.39, 0.29) is 5.82 Å². The molecule has 1 saturated heterocycles. The normalized spacial score (nSPS) is 16.0. The van der Waals surface area contributed by atoms with Gasteiger partial charge in [0.1, 0.15) is 11.4 Å². The smallest absolute Gasteiger partial charge is 0.405 e. The van der Waals surface area contributed by atoms with Crippen molar-refractivity contribution < 1.29 is 19.0 Å². The molecule has 0 bridgehead atoms. The van der Waals surface area contributed by atoms with E-state index in [2.05, 4.69) is 5.32 Å². The van der Waals surface area contributed by atoms with E-state index in [9.17, 15) is 9.18 Å². The fraction of sp³-hybridized carbons (Fsp3) is 0.188. The van der Waals surface area contributed by atoms with Gasteiger partial charge in [-0.25, -0.2) is 9.18 Å². The molecule has 1 aliphatic heterocycles. The minimum Gasteiger partial charge on any atom is -0.465 e. The van der Waals surface area contributed by atoms with Crippen LogP contribution in [0.1, 0.15) is 5.56 Å². The second-order valence-corrected chi connectivity index (χ2v) is 5.09. The summed E-state index contributed by atoms with van der Waals surface area (Å²) < 4.78 is 18.1. The molecule has 108 valence electrons. The molecular formula is C16H14FNO3. The summed E-state index contributed by atoms with van der Waals surface area (Å²) >= 11 is 0. The number of nitrogens with one attached hydrogen (secondary N) is 1. The Kier molecular flexibility index (Phi) is 3.35. The molecule has 4 nitrogen and oxygen atoms in total. The zero-order chi connectivity index (χ0) is 14.9. The van der Waals surface area contributed by atoms with Crippen LogP contribution >= 0.6 is 0 Å². The van der Waals surface area contributed by atoms with E-state index < -0.39 is 11.6 Å². The highest BCUT2D eigenvalue weighted by atomic mass is 19.1. The molecule has 0 saturated carbocycles. The number of amides is 1. The van der Waals surface area contributed by atoms with Crippen LogP contribution in [0.5, 0.6) is 0 Å². The maximum Gasteiger partial charge on any atom is 0.405 e. The van der Waals surface area contributed by atoms with Gasteiger partial charge in [0.2, 0.25) is 0 Å². The number of halogens is 1. The zero-order valence-corrected chi connectivity index (χ0v) is 11.2. The molecule has 0 aliphatic carbocycles. The number of hydrogen-bond acceptors (Lipinski definition) is 2. The van der Waals surface area contributed by atoms with Crippen molar-refractivity contribution in [1.82, 2.24) is 5.32 Å². The third-order valence-electron chi connectivity index (χ3n) is 3.66. The van der Waals surface area contributed by atoms with Gasteiger partial charge in [0.05, 0.1) is 13.2 Å².